The van der Waals surface area contributed by atoms with E-state index in [1.54, 1.807) is 0 Å². The van der Waals surface area contributed by atoms with E-state index in [1.807, 2.05) is 6.08 Å². The molecule has 12 N–H and O–H groups in total. The van der Waals surface area contributed by atoms with E-state index in [-0.39, 0.29) is 18.9 Å². The maximum atomic E-state index is 13.3. The lowest BCUT2D eigenvalue weighted by Gasteiger charge is -2.48. The second kappa shape index (κ2) is 45.7. The molecule has 3 saturated heterocycles. The van der Waals surface area contributed by atoms with Crippen LogP contribution in [0.3, 0.4) is 0 Å². The van der Waals surface area contributed by atoms with Crippen molar-refractivity contribution in [1.82, 2.24) is 5.32 Å². The molecule has 3 fully saturated rings. The molecule has 1 amide bonds. The highest BCUT2D eigenvalue weighted by Gasteiger charge is 2.53. The Kier molecular flexibility index (Phi) is 40.6. The van der Waals surface area contributed by atoms with Crippen LogP contribution in [-0.2, 0) is 33.2 Å². The first kappa shape index (κ1) is 73.7. The van der Waals surface area contributed by atoms with Gasteiger partial charge in [0, 0.05) is 6.42 Å². The van der Waals surface area contributed by atoms with Crippen LogP contribution in [0.15, 0.2) is 109 Å². The summed E-state index contributed by atoms with van der Waals surface area (Å²) < 4.78 is 34.2. The van der Waals surface area contributed by atoms with Crippen LogP contribution in [0, 0.1) is 0 Å². The molecule has 17 atom stereocenters. The van der Waals surface area contributed by atoms with Gasteiger partial charge in [0.1, 0.15) is 73.2 Å². The summed E-state index contributed by atoms with van der Waals surface area (Å²) in [6.07, 6.45) is 32.1. The molecular formula is C64H105NO18. The quantitative estimate of drug-likeness (QED) is 0.0249. The standard InChI is InChI=1S/C64H105NO18/c1-3-5-7-9-11-13-14-15-16-17-18-19-20-21-22-23-24-25-26-27-28-29-30-31-32-34-36-38-40-42-52(70)65-47(48(69)41-39-37-35-33-12-10-8-6-4-2)46-78-62-58(76)55(73)60(50(44-67)80-62)83-64-59(77)56(74)61(51(45-68)81-64)82-63-57(75)54(72)53(71)49(43-66)79-63/h5,7,11,13,15-16,18-19,21-22,24-25,27-28,30-31,34,36,47-51,53-64,66-69,71-77H,3-4,6,8-10,12,14,17,20,23,26,29,32-33,35,37-46H2,1-2H3,(H,65,70)/b7-5-,13-11-,16-15-,19-18-,22-21-,25-24-,28-27-,31-30-,36-34-. The number of carbonyl (C=O) groups excluding carboxylic acids is 1. The van der Waals surface area contributed by atoms with E-state index < -0.39 is 124 Å². The Morgan fingerprint density at radius 3 is 1.25 bits per heavy atom. The second-order valence-electron chi connectivity index (χ2n) is 21.4. The molecule has 17 unspecified atom stereocenters. The highest BCUT2D eigenvalue weighted by molar-refractivity contribution is 5.76. The number of amides is 1. The molecule has 0 spiro atoms. The van der Waals surface area contributed by atoms with Crippen molar-refractivity contribution in [2.45, 2.75) is 259 Å². The lowest BCUT2D eigenvalue weighted by atomic mass is 9.96. The molecular weight excluding hydrogens is 1070 g/mol. The van der Waals surface area contributed by atoms with Crippen molar-refractivity contribution in [3.05, 3.63) is 109 Å². The molecule has 3 aliphatic heterocycles. The van der Waals surface area contributed by atoms with E-state index in [9.17, 15) is 61.0 Å². The van der Waals surface area contributed by atoms with Gasteiger partial charge in [-0.05, 0) is 77.0 Å². The molecule has 19 nitrogen and oxygen atoms in total. The van der Waals surface area contributed by atoms with Crippen LogP contribution in [-0.4, -0.2) is 193 Å². The SMILES string of the molecule is CC/C=C\C/C=C\C/C=C\C/C=C\C/C=C\C/C=C\C/C=C\C/C=C\C/C=C\CCCC(=O)NC(COC1OC(CO)C(OC2OC(CO)C(OC3OC(CO)C(O)C(O)C3O)C(O)C2O)C(O)C1O)C(O)CCCCCCCCCCC. The molecule has 0 saturated carbocycles. The average Bonchev–Trinajstić information content (AvgIpc) is 3.25. The van der Waals surface area contributed by atoms with E-state index in [0.29, 0.717) is 25.7 Å². The molecule has 3 aliphatic rings. The summed E-state index contributed by atoms with van der Waals surface area (Å²) in [6, 6.07) is -0.924. The molecule has 19 heteroatoms. The molecule has 0 radical (unpaired) electrons. The van der Waals surface area contributed by atoms with Gasteiger partial charge < -0.3 is 89.9 Å². The Morgan fingerprint density at radius 2 is 0.819 bits per heavy atom. The first-order valence-electron chi connectivity index (χ1n) is 30.6. The second-order valence-corrected chi connectivity index (χ2v) is 21.4. The van der Waals surface area contributed by atoms with E-state index in [1.165, 1.54) is 25.7 Å². The Bertz CT molecular complexity index is 1930. The average molecular weight is 1180 g/mol. The van der Waals surface area contributed by atoms with Crippen molar-refractivity contribution in [2.75, 3.05) is 26.4 Å². The predicted octanol–water partition coefficient (Wildman–Crippen LogP) is 5.92. The Hall–Kier alpha value is -3.55. The summed E-state index contributed by atoms with van der Waals surface area (Å²) in [5.74, 6) is -0.309. The molecule has 0 aromatic carbocycles. The van der Waals surface area contributed by atoms with Crippen molar-refractivity contribution < 1.29 is 89.4 Å². The van der Waals surface area contributed by atoms with Gasteiger partial charge in [-0.1, -0.05) is 181 Å². The van der Waals surface area contributed by atoms with E-state index in [2.05, 4.69) is 122 Å². The molecule has 3 rings (SSSR count). The highest BCUT2D eigenvalue weighted by Crippen LogP contribution is 2.33. The van der Waals surface area contributed by atoms with Crippen LogP contribution in [0.4, 0.5) is 0 Å². The molecule has 83 heavy (non-hydrogen) atoms. The van der Waals surface area contributed by atoms with Gasteiger partial charge in [-0.2, -0.15) is 0 Å². The fraction of sp³-hybridized carbons (Fsp3) is 0.703. The highest BCUT2D eigenvalue weighted by atomic mass is 16.8. The Labute approximate surface area is 494 Å². The number of aliphatic hydroxyl groups is 11. The molecule has 0 aromatic heterocycles. The summed E-state index contributed by atoms with van der Waals surface area (Å²) in [4.78, 5) is 13.3. The lowest BCUT2D eigenvalue weighted by molar-refractivity contribution is -0.379. The van der Waals surface area contributed by atoms with Crippen LogP contribution >= 0.6 is 0 Å². The van der Waals surface area contributed by atoms with Gasteiger partial charge in [-0.3, -0.25) is 4.79 Å². The number of carbonyl (C=O) groups is 1. The first-order chi connectivity index (χ1) is 40.3. The smallest absolute Gasteiger partial charge is 0.220 e. The van der Waals surface area contributed by atoms with Crippen LogP contribution < -0.4 is 5.32 Å². The molecule has 3 heterocycles. The third-order valence-electron chi connectivity index (χ3n) is 14.6. The fourth-order valence-electron chi connectivity index (χ4n) is 9.61. The number of nitrogens with one attached hydrogen (secondary N) is 1. The molecule has 474 valence electrons. The molecule has 0 aliphatic carbocycles. The zero-order valence-electron chi connectivity index (χ0n) is 49.4. The van der Waals surface area contributed by atoms with Gasteiger partial charge in [0.2, 0.25) is 5.91 Å². The summed E-state index contributed by atoms with van der Waals surface area (Å²) in [6.45, 7) is 1.56. The number of ether oxygens (including phenoxy) is 6. The van der Waals surface area contributed by atoms with Gasteiger partial charge >= 0.3 is 0 Å². The molecule has 0 bridgehead atoms. The van der Waals surface area contributed by atoms with Crippen LogP contribution in [0.1, 0.15) is 155 Å². The third-order valence-corrected chi connectivity index (χ3v) is 14.6. The maximum Gasteiger partial charge on any atom is 0.220 e. The zero-order valence-corrected chi connectivity index (χ0v) is 49.4. The normalized spacial score (nSPS) is 30.2. The van der Waals surface area contributed by atoms with Crippen LogP contribution in [0.25, 0.3) is 0 Å². The van der Waals surface area contributed by atoms with Crippen LogP contribution in [0.5, 0.6) is 0 Å². The Balaban J connectivity index is 1.44. The number of hydrogen-bond donors (Lipinski definition) is 12. The van der Waals surface area contributed by atoms with Crippen molar-refractivity contribution in [3.63, 3.8) is 0 Å². The number of allylic oxidation sites excluding steroid dienone is 18. The van der Waals surface area contributed by atoms with Gasteiger partial charge in [-0.25, -0.2) is 0 Å². The van der Waals surface area contributed by atoms with Crippen LogP contribution in [0.2, 0.25) is 0 Å². The minimum absolute atomic E-state index is 0.178. The van der Waals surface area contributed by atoms with Crippen molar-refractivity contribution in [1.29, 1.82) is 0 Å². The zero-order chi connectivity index (χ0) is 60.5. The number of hydrogen-bond acceptors (Lipinski definition) is 18. The van der Waals surface area contributed by atoms with E-state index >= 15 is 0 Å². The van der Waals surface area contributed by atoms with Gasteiger partial charge in [-0.15, -0.1) is 0 Å². The molecule has 0 aromatic rings. The van der Waals surface area contributed by atoms with E-state index in [0.717, 1.165) is 83.5 Å². The number of rotatable bonds is 43. The summed E-state index contributed by atoms with van der Waals surface area (Å²) >= 11 is 0. The largest absolute Gasteiger partial charge is 0.394 e. The van der Waals surface area contributed by atoms with Crippen molar-refractivity contribution in [2.24, 2.45) is 0 Å². The predicted molar refractivity (Wildman–Crippen MR) is 318 cm³/mol. The monoisotopic (exact) mass is 1180 g/mol. The maximum absolute atomic E-state index is 13.3. The van der Waals surface area contributed by atoms with Crippen molar-refractivity contribution in [3.8, 4) is 0 Å². The topological polar surface area (TPSA) is 307 Å². The summed E-state index contributed by atoms with van der Waals surface area (Å²) in [7, 11) is 0. The van der Waals surface area contributed by atoms with Gasteiger partial charge in [0.25, 0.3) is 0 Å². The number of aliphatic hydroxyl groups excluding tert-OH is 11. The summed E-state index contributed by atoms with van der Waals surface area (Å²) in [5, 5.41) is 120. The first-order valence-corrected chi connectivity index (χ1v) is 30.6. The fourth-order valence-corrected chi connectivity index (χ4v) is 9.61. The minimum atomic E-state index is -1.98. The minimum Gasteiger partial charge on any atom is -0.394 e. The summed E-state index contributed by atoms with van der Waals surface area (Å²) in [5.41, 5.74) is 0. The van der Waals surface area contributed by atoms with Crippen molar-refractivity contribution >= 4 is 5.91 Å². The van der Waals surface area contributed by atoms with Gasteiger partial charge in [0.15, 0.2) is 18.9 Å². The van der Waals surface area contributed by atoms with E-state index in [4.69, 9.17) is 28.4 Å². The Morgan fingerprint density at radius 1 is 0.446 bits per heavy atom. The lowest BCUT2D eigenvalue weighted by Crippen LogP contribution is -2.66. The third kappa shape index (κ3) is 29.1. The van der Waals surface area contributed by atoms with Gasteiger partial charge in [0.05, 0.1) is 38.6 Å². The number of unbranched alkanes of at least 4 members (excludes halogenated alkanes) is 9.